The van der Waals surface area contributed by atoms with Gasteiger partial charge in [-0.05, 0) is 54.4 Å². The highest BCUT2D eigenvalue weighted by Crippen LogP contribution is 2.45. The molecule has 7 nitrogen and oxygen atoms in total. The van der Waals surface area contributed by atoms with E-state index in [1.807, 2.05) is 0 Å². The fourth-order valence-electron chi connectivity index (χ4n) is 4.82. The lowest BCUT2D eigenvalue weighted by Gasteiger charge is -2.34. The van der Waals surface area contributed by atoms with Crippen molar-refractivity contribution in [1.29, 1.82) is 0 Å². The molecule has 1 unspecified atom stereocenters. The van der Waals surface area contributed by atoms with Gasteiger partial charge < -0.3 is 19.3 Å². The number of pyridine rings is 2. The molecule has 0 aliphatic carbocycles. The first-order valence-corrected chi connectivity index (χ1v) is 13.4. The summed E-state index contributed by atoms with van der Waals surface area (Å²) < 4.78 is 47.5. The van der Waals surface area contributed by atoms with Crippen molar-refractivity contribution in [3.05, 3.63) is 106 Å². The SMILES string of the molecule is Cn1cncc1C(O)(c1ccc(C(F)(F)F)nc1)c1ccc2nc(N3CCC3)c(Oc3ccc(Cl)cc3)c(Cl)c2c1. The minimum absolute atomic E-state index is 0.118. The maximum Gasteiger partial charge on any atom is 0.433 e. The van der Waals surface area contributed by atoms with E-state index < -0.39 is 17.5 Å². The first-order chi connectivity index (χ1) is 19.6. The van der Waals surface area contributed by atoms with Crippen molar-refractivity contribution < 1.29 is 23.0 Å². The predicted molar refractivity (Wildman–Crippen MR) is 150 cm³/mol. The number of benzene rings is 2. The Labute approximate surface area is 242 Å². The molecule has 0 bridgehead atoms. The van der Waals surface area contributed by atoms with Gasteiger partial charge in [0, 0.05) is 42.3 Å². The van der Waals surface area contributed by atoms with Crippen molar-refractivity contribution in [1.82, 2.24) is 19.5 Å². The van der Waals surface area contributed by atoms with Gasteiger partial charge >= 0.3 is 6.18 Å². The van der Waals surface area contributed by atoms with E-state index in [9.17, 15) is 18.3 Å². The van der Waals surface area contributed by atoms with E-state index in [0.717, 1.165) is 31.8 Å². The average Bonchev–Trinajstić information content (AvgIpc) is 3.36. The number of aryl methyl sites for hydroxylation is 1. The molecule has 0 radical (unpaired) electrons. The lowest BCUT2D eigenvalue weighted by Crippen LogP contribution is -2.38. The van der Waals surface area contributed by atoms with E-state index in [0.29, 0.717) is 44.5 Å². The number of hydrogen-bond donors (Lipinski definition) is 1. The minimum atomic E-state index is -4.63. The van der Waals surface area contributed by atoms with Gasteiger partial charge in [0.25, 0.3) is 0 Å². The molecule has 1 aliphatic heterocycles. The molecule has 4 heterocycles. The molecule has 1 N–H and O–H groups in total. The zero-order valence-corrected chi connectivity index (χ0v) is 23.0. The molecular formula is C29H22Cl2F3N5O2. The standard InChI is InChI=1S/C29H22Cl2F3N5O2/c1-38-16-35-15-24(38)28(40,18-4-10-23(36-14-18)29(32,33)34)17-3-9-22-21(13-17)25(31)26(27(37-22)39-11-2-12-39)41-20-7-5-19(30)6-8-20/h3-10,13-16,40H,2,11-12H2,1H3. The van der Waals surface area contributed by atoms with Gasteiger partial charge in [-0.1, -0.05) is 35.3 Å². The number of anilines is 1. The number of hydrogen-bond acceptors (Lipinski definition) is 6. The maximum absolute atomic E-state index is 13.2. The molecule has 12 heteroatoms. The molecule has 0 saturated carbocycles. The summed E-state index contributed by atoms with van der Waals surface area (Å²) in [5.41, 5.74) is -1.67. The Morgan fingerprint density at radius 1 is 0.951 bits per heavy atom. The Morgan fingerprint density at radius 2 is 1.68 bits per heavy atom. The van der Waals surface area contributed by atoms with Gasteiger partial charge in [-0.2, -0.15) is 13.2 Å². The van der Waals surface area contributed by atoms with E-state index in [1.165, 1.54) is 18.6 Å². The van der Waals surface area contributed by atoms with Gasteiger partial charge in [0.2, 0.25) is 0 Å². The fourth-order valence-corrected chi connectivity index (χ4v) is 5.22. The van der Waals surface area contributed by atoms with Crippen LogP contribution < -0.4 is 9.64 Å². The van der Waals surface area contributed by atoms with Crippen LogP contribution in [0.3, 0.4) is 0 Å². The molecule has 1 saturated heterocycles. The van der Waals surface area contributed by atoms with Gasteiger partial charge in [-0.25, -0.2) is 9.97 Å². The largest absolute Gasteiger partial charge is 0.452 e. The van der Waals surface area contributed by atoms with Gasteiger partial charge in [0.1, 0.15) is 11.4 Å². The maximum atomic E-state index is 13.2. The zero-order chi connectivity index (χ0) is 28.9. The number of nitrogens with zero attached hydrogens (tertiary/aromatic N) is 5. The van der Waals surface area contributed by atoms with Crippen molar-refractivity contribution in [3.8, 4) is 11.5 Å². The number of aliphatic hydroxyl groups is 1. The quantitative estimate of drug-likeness (QED) is 0.227. The fraction of sp³-hybridized carbons (Fsp3) is 0.207. The van der Waals surface area contributed by atoms with Crippen molar-refractivity contribution >= 4 is 39.9 Å². The molecule has 210 valence electrons. The van der Waals surface area contributed by atoms with Gasteiger partial charge in [0.15, 0.2) is 17.2 Å². The van der Waals surface area contributed by atoms with Crippen LogP contribution in [0.25, 0.3) is 10.9 Å². The van der Waals surface area contributed by atoms with E-state index in [2.05, 4.69) is 14.9 Å². The van der Waals surface area contributed by atoms with E-state index in [1.54, 1.807) is 54.1 Å². The van der Waals surface area contributed by atoms with E-state index in [4.69, 9.17) is 32.9 Å². The van der Waals surface area contributed by atoms with Crippen LogP contribution in [0.4, 0.5) is 19.0 Å². The normalized spacial score (nSPS) is 15.0. The summed E-state index contributed by atoms with van der Waals surface area (Å²) in [4.78, 5) is 14.6. The zero-order valence-electron chi connectivity index (χ0n) is 21.5. The number of rotatable bonds is 6. The second-order valence-electron chi connectivity index (χ2n) is 9.74. The molecule has 41 heavy (non-hydrogen) atoms. The summed E-state index contributed by atoms with van der Waals surface area (Å²) in [7, 11) is 1.68. The van der Waals surface area contributed by atoms with Crippen LogP contribution in [0.15, 0.2) is 73.3 Å². The van der Waals surface area contributed by atoms with Crippen LogP contribution in [-0.4, -0.2) is 37.7 Å². The first-order valence-electron chi connectivity index (χ1n) is 12.6. The number of imidazole rings is 1. The smallest absolute Gasteiger partial charge is 0.433 e. The third-order valence-corrected chi connectivity index (χ3v) is 7.76. The molecule has 1 fully saturated rings. The molecular weight excluding hydrogens is 578 g/mol. The topological polar surface area (TPSA) is 76.3 Å². The lowest BCUT2D eigenvalue weighted by atomic mass is 9.83. The number of fused-ring (bicyclic) bond motifs is 1. The van der Waals surface area contributed by atoms with E-state index >= 15 is 0 Å². The summed E-state index contributed by atoms with van der Waals surface area (Å²) in [6.45, 7) is 1.59. The Morgan fingerprint density at radius 3 is 2.27 bits per heavy atom. The molecule has 3 aromatic heterocycles. The molecule has 5 aromatic rings. The highest BCUT2D eigenvalue weighted by molar-refractivity contribution is 6.37. The molecule has 1 atom stereocenters. The Balaban J connectivity index is 1.53. The van der Waals surface area contributed by atoms with Crippen molar-refractivity contribution in [2.45, 2.75) is 18.2 Å². The van der Waals surface area contributed by atoms with Crippen molar-refractivity contribution in [3.63, 3.8) is 0 Å². The summed E-state index contributed by atoms with van der Waals surface area (Å²) in [5.74, 6) is 1.45. The predicted octanol–water partition coefficient (Wildman–Crippen LogP) is 6.98. The summed E-state index contributed by atoms with van der Waals surface area (Å²) >= 11 is 13.0. The van der Waals surface area contributed by atoms with Crippen LogP contribution in [-0.2, 0) is 18.8 Å². The van der Waals surface area contributed by atoms with Gasteiger partial charge in [-0.3, -0.25) is 4.98 Å². The second-order valence-corrected chi connectivity index (χ2v) is 10.6. The third-order valence-electron chi connectivity index (χ3n) is 7.13. The summed E-state index contributed by atoms with van der Waals surface area (Å²) in [5, 5.41) is 13.6. The minimum Gasteiger partial charge on any atom is -0.452 e. The summed E-state index contributed by atoms with van der Waals surface area (Å²) in [6.07, 6.45) is 0.339. The average molecular weight is 600 g/mol. The highest BCUT2D eigenvalue weighted by atomic mass is 35.5. The Bertz CT molecular complexity index is 1740. The van der Waals surface area contributed by atoms with Crippen LogP contribution in [0, 0.1) is 0 Å². The molecule has 0 amide bonds. The first kappa shape index (κ1) is 27.3. The number of ether oxygens (including phenoxy) is 1. The van der Waals surface area contributed by atoms with E-state index in [-0.39, 0.29) is 10.6 Å². The second kappa shape index (κ2) is 10.2. The van der Waals surface area contributed by atoms with Crippen LogP contribution >= 0.6 is 23.2 Å². The third kappa shape index (κ3) is 4.86. The van der Waals surface area contributed by atoms with Crippen LogP contribution in [0.2, 0.25) is 10.0 Å². The van der Waals surface area contributed by atoms with Crippen LogP contribution in [0.5, 0.6) is 11.5 Å². The van der Waals surface area contributed by atoms with Crippen molar-refractivity contribution in [2.75, 3.05) is 18.0 Å². The molecule has 0 spiro atoms. The number of halogens is 5. The number of aromatic nitrogens is 4. The highest BCUT2D eigenvalue weighted by Gasteiger charge is 2.39. The number of alkyl halides is 3. The van der Waals surface area contributed by atoms with Gasteiger partial charge in [0.05, 0.1) is 28.8 Å². The Kier molecular flexibility index (Phi) is 6.80. The molecule has 2 aromatic carbocycles. The molecule has 1 aliphatic rings. The Hall–Kier alpha value is -3.86. The van der Waals surface area contributed by atoms with Crippen molar-refractivity contribution in [2.24, 2.45) is 7.05 Å². The monoisotopic (exact) mass is 599 g/mol. The van der Waals surface area contributed by atoms with Crippen LogP contribution in [0.1, 0.15) is 28.9 Å². The summed E-state index contributed by atoms with van der Waals surface area (Å²) in [6, 6.07) is 13.9. The van der Waals surface area contributed by atoms with Gasteiger partial charge in [-0.15, -0.1) is 0 Å². The molecule has 6 rings (SSSR count). The lowest BCUT2D eigenvalue weighted by molar-refractivity contribution is -0.141.